The SMILES string of the molecule is COc1cc(N(C)CCN(C)CCOCCOCCOCCOCCN)c(NC(=O)OCC[Si](C)(C)C)cc1Nc1nccc(-c2cn(C)c3ccccc23)n1. The third-order valence-corrected chi connectivity index (χ3v) is 10.6. The Bertz CT molecular complexity index is 1790. The highest BCUT2D eigenvalue weighted by Crippen LogP contribution is 2.38. The van der Waals surface area contributed by atoms with Crippen molar-refractivity contribution < 1.29 is 33.2 Å². The maximum Gasteiger partial charge on any atom is 0.411 e. The molecule has 0 aliphatic rings. The van der Waals surface area contributed by atoms with Crippen LogP contribution in [0.1, 0.15) is 0 Å². The van der Waals surface area contributed by atoms with Gasteiger partial charge in [0.05, 0.1) is 89.3 Å². The van der Waals surface area contributed by atoms with Crippen LogP contribution in [-0.2, 0) is 30.7 Å². The van der Waals surface area contributed by atoms with Gasteiger partial charge in [0.2, 0.25) is 5.95 Å². The summed E-state index contributed by atoms with van der Waals surface area (Å²) in [6.45, 7) is 14.0. The zero-order valence-electron chi connectivity index (χ0n) is 34.3. The average molecular weight is 795 g/mol. The molecule has 308 valence electrons. The number of aromatic nitrogens is 3. The molecule has 0 atom stereocenters. The van der Waals surface area contributed by atoms with Gasteiger partial charge in [-0.25, -0.2) is 14.8 Å². The number of methoxy groups -OCH3 is 1. The number of fused-ring (bicyclic) bond motifs is 1. The number of carbonyl (C=O) groups excluding carboxylic acids is 1. The van der Waals surface area contributed by atoms with Gasteiger partial charge in [-0.05, 0) is 31.3 Å². The fourth-order valence-electron chi connectivity index (χ4n) is 5.70. The van der Waals surface area contributed by atoms with Gasteiger partial charge in [0.15, 0.2) is 0 Å². The summed E-state index contributed by atoms with van der Waals surface area (Å²) >= 11 is 0. The topological polar surface area (TPSA) is 160 Å². The predicted molar refractivity (Wildman–Crippen MR) is 226 cm³/mol. The molecule has 0 unspecified atom stereocenters. The Morgan fingerprint density at radius 1 is 0.857 bits per heavy atom. The first-order valence-electron chi connectivity index (χ1n) is 19.2. The zero-order valence-corrected chi connectivity index (χ0v) is 35.3. The summed E-state index contributed by atoms with van der Waals surface area (Å²) in [5.74, 6) is 0.957. The molecule has 0 aliphatic heterocycles. The van der Waals surface area contributed by atoms with Crippen LogP contribution < -0.4 is 26.0 Å². The van der Waals surface area contributed by atoms with Gasteiger partial charge in [-0.15, -0.1) is 0 Å². The molecule has 0 saturated heterocycles. The lowest BCUT2D eigenvalue weighted by molar-refractivity contribution is -0.00253. The lowest BCUT2D eigenvalue weighted by Gasteiger charge is -2.27. The second-order valence-corrected chi connectivity index (χ2v) is 20.3. The van der Waals surface area contributed by atoms with Crippen molar-refractivity contribution in [2.24, 2.45) is 12.8 Å². The molecular weight excluding hydrogens is 733 g/mol. The molecule has 2 heterocycles. The van der Waals surface area contributed by atoms with Crippen LogP contribution in [0.2, 0.25) is 25.7 Å². The Balaban J connectivity index is 1.37. The molecule has 0 saturated carbocycles. The maximum absolute atomic E-state index is 13.1. The first-order chi connectivity index (χ1) is 27.0. The number of carbonyl (C=O) groups is 1. The summed E-state index contributed by atoms with van der Waals surface area (Å²) in [6.07, 6.45) is 3.29. The number of nitrogens with zero attached hydrogens (tertiary/aromatic N) is 5. The highest BCUT2D eigenvalue weighted by Gasteiger charge is 2.20. The third-order valence-electron chi connectivity index (χ3n) is 8.94. The summed E-state index contributed by atoms with van der Waals surface area (Å²) in [4.78, 5) is 26.8. The smallest absolute Gasteiger partial charge is 0.411 e. The molecule has 4 aromatic rings. The van der Waals surface area contributed by atoms with Crippen molar-refractivity contribution in [2.75, 3.05) is 122 Å². The van der Waals surface area contributed by atoms with E-state index in [1.807, 2.05) is 44.4 Å². The van der Waals surface area contributed by atoms with Gasteiger partial charge in [-0.3, -0.25) is 5.32 Å². The highest BCUT2D eigenvalue weighted by atomic mass is 28.3. The van der Waals surface area contributed by atoms with E-state index >= 15 is 0 Å². The van der Waals surface area contributed by atoms with Crippen LogP contribution in [0, 0.1) is 0 Å². The average Bonchev–Trinajstić information content (AvgIpc) is 3.51. The second kappa shape index (κ2) is 23.1. The van der Waals surface area contributed by atoms with Crippen LogP contribution in [0.4, 0.5) is 27.8 Å². The molecule has 15 nitrogen and oxygen atoms in total. The number of hydrogen-bond acceptors (Lipinski definition) is 13. The molecule has 0 radical (unpaired) electrons. The maximum atomic E-state index is 13.1. The molecule has 16 heteroatoms. The van der Waals surface area contributed by atoms with Crippen molar-refractivity contribution in [1.82, 2.24) is 19.4 Å². The van der Waals surface area contributed by atoms with E-state index in [0.29, 0.717) is 95.6 Å². The van der Waals surface area contributed by atoms with Gasteiger partial charge in [0.25, 0.3) is 0 Å². The van der Waals surface area contributed by atoms with Crippen molar-refractivity contribution in [2.45, 2.75) is 25.7 Å². The van der Waals surface area contributed by atoms with Gasteiger partial charge in [0.1, 0.15) is 5.75 Å². The Kier molecular flexibility index (Phi) is 18.3. The first kappa shape index (κ1) is 44.4. The Labute approximate surface area is 332 Å². The van der Waals surface area contributed by atoms with Gasteiger partial charge in [0, 0.05) is 83.3 Å². The lowest BCUT2D eigenvalue weighted by Crippen LogP contribution is -2.33. The first-order valence-corrected chi connectivity index (χ1v) is 22.9. The Hall–Kier alpha value is -4.29. The van der Waals surface area contributed by atoms with Crippen LogP contribution in [-0.4, -0.2) is 140 Å². The fourth-order valence-corrected chi connectivity index (χ4v) is 6.42. The van der Waals surface area contributed by atoms with Crippen LogP contribution in [0.25, 0.3) is 22.2 Å². The summed E-state index contributed by atoms with van der Waals surface area (Å²) < 4.78 is 35.7. The van der Waals surface area contributed by atoms with E-state index in [0.717, 1.165) is 47.0 Å². The van der Waals surface area contributed by atoms with E-state index in [4.69, 9.17) is 39.1 Å². The van der Waals surface area contributed by atoms with Crippen molar-refractivity contribution in [3.63, 3.8) is 0 Å². The number of anilines is 4. The molecule has 4 rings (SSSR count). The minimum Gasteiger partial charge on any atom is -0.494 e. The Morgan fingerprint density at radius 3 is 2.21 bits per heavy atom. The van der Waals surface area contributed by atoms with Crippen LogP contribution >= 0.6 is 0 Å². The van der Waals surface area contributed by atoms with Gasteiger partial charge >= 0.3 is 6.09 Å². The number of nitrogens with two attached hydrogens (primary N) is 1. The molecule has 2 aromatic carbocycles. The molecule has 56 heavy (non-hydrogen) atoms. The number of likely N-dealkylation sites (N-methyl/N-ethyl adjacent to an activating group) is 2. The van der Waals surface area contributed by atoms with E-state index in [2.05, 4.69) is 75.0 Å². The summed E-state index contributed by atoms with van der Waals surface area (Å²) in [5.41, 5.74) is 10.2. The number of para-hydroxylation sites is 1. The molecule has 1 amide bonds. The number of nitrogens with one attached hydrogen (secondary N) is 2. The number of benzene rings is 2. The lowest BCUT2D eigenvalue weighted by atomic mass is 10.1. The van der Waals surface area contributed by atoms with Gasteiger partial charge in [-0.1, -0.05) is 37.8 Å². The van der Waals surface area contributed by atoms with E-state index < -0.39 is 14.2 Å². The Morgan fingerprint density at radius 2 is 1.54 bits per heavy atom. The van der Waals surface area contributed by atoms with E-state index in [1.54, 1.807) is 13.3 Å². The van der Waals surface area contributed by atoms with Crippen molar-refractivity contribution in [1.29, 1.82) is 0 Å². The molecular formula is C40H62N8O7Si. The molecule has 0 fully saturated rings. The number of rotatable bonds is 26. The fraction of sp³-hybridized carbons (Fsp3) is 0.525. The summed E-state index contributed by atoms with van der Waals surface area (Å²) in [5, 5.41) is 7.43. The molecule has 4 N–H and O–H groups in total. The number of amides is 1. The van der Waals surface area contributed by atoms with Gasteiger partial charge < -0.3 is 53.8 Å². The number of aryl methyl sites for hydroxylation is 1. The van der Waals surface area contributed by atoms with E-state index in [1.165, 1.54) is 0 Å². The largest absolute Gasteiger partial charge is 0.494 e. The zero-order chi connectivity index (χ0) is 40.3. The molecule has 0 aliphatic carbocycles. The van der Waals surface area contributed by atoms with Crippen LogP contribution in [0.3, 0.4) is 0 Å². The van der Waals surface area contributed by atoms with Crippen molar-refractivity contribution in [3.05, 3.63) is 54.9 Å². The van der Waals surface area contributed by atoms with Crippen molar-refractivity contribution >= 4 is 48.1 Å². The van der Waals surface area contributed by atoms with Crippen LogP contribution in [0.15, 0.2) is 54.9 Å². The minimum atomic E-state index is -1.39. The summed E-state index contributed by atoms with van der Waals surface area (Å²) in [7, 11) is 6.29. The van der Waals surface area contributed by atoms with Crippen LogP contribution in [0.5, 0.6) is 5.75 Å². The second-order valence-electron chi connectivity index (χ2n) is 14.7. The number of ether oxygens (including phenoxy) is 6. The third kappa shape index (κ3) is 14.7. The predicted octanol–water partition coefficient (Wildman–Crippen LogP) is 5.67. The molecule has 2 aromatic heterocycles. The van der Waals surface area contributed by atoms with Crippen molar-refractivity contribution in [3.8, 4) is 17.0 Å². The summed E-state index contributed by atoms with van der Waals surface area (Å²) in [6, 6.07) is 14.7. The molecule has 0 spiro atoms. The normalized spacial score (nSPS) is 11.7. The van der Waals surface area contributed by atoms with E-state index in [-0.39, 0.29) is 0 Å². The molecule has 0 bridgehead atoms. The quantitative estimate of drug-likeness (QED) is 0.0528. The van der Waals surface area contributed by atoms with E-state index in [9.17, 15) is 4.79 Å². The highest BCUT2D eigenvalue weighted by molar-refractivity contribution is 6.76. The standard InChI is InChI=1S/C40H62N8O7Si/c1-46(17-19-52-21-23-54-25-24-53-22-20-51-18-13-41)15-16-47(2)37-29-38(50-4)35(28-34(37)45-40(49)55-26-27-56(5,6)7)44-39-42-14-12-33(43-39)32-30-48(3)36-11-9-8-10-31(32)36/h8-12,14,28-30H,13,15-27,41H2,1-7H3,(H,45,49)(H,42,43,44). The number of hydrogen-bond donors (Lipinski definition) is 3. The van der Waals surface area contributed by atoms with Gasteiger partial charge in [-0.2, -0.15) is 0 Å². The minimum absolute atomic E-state index is 0.363. The monoisotopic (exact) mass is 794 g/mol.